The molecule has 2 rings (SSSR count). The molecule has 6 nitrogen and oxygen atoms in total. The summed E-state index contributed by atoms with van der Waals surface area (Å²) in [6, 6.07) is 3.75. The Morgan fingerprint density at radius 3 is 2.56 bits per heavy atom. The molecule has 0 atom stereocenters. The van der Waals surface area contributed by atoms with Crippen molar-refractivity contribution in [3.05, 3.63) is 46.0 Å². The number of aliphatic hydroxyl groups excluding tert-OH is 1. The first-order valence-electron chi connectivity index (χ1n) is 8.29. The molecule has 2 aromatic heterocycles. The van der Waals surface area contributed by atoms with E-state index >= 15 is 0 Å². The van der Waals surface area contributed by atoms with Gasteiger partial charge in [-0.15, -0.1) is 0 Å². The molecule has 0 aliphatic rings. The summed E-state index contributed by atoms with van der Waals surface area (Å²) in [5, 5.41) is 19.1. The highest BCUT2D eigenvalue weighted by molar-refractivity contribution is 6.37. The average Bonchev–Trinajstić information content (AvgIpc) is 2.67. The quantitative estimate of drug-likeness (QED) is 0.489. The van der Waals surface area contributed by atoms with Crippen molar-refractivity contribution in [3.8, 4) is 17.6 Å². The van der Waals surface area contributed by atoms with Gasteiger partial charge in [-0.05, 0) is 25.3 Å². The minimum absolute atomic E-state index is 0.166. The Bertz CT molecular complexity index is 830. The molecule has 0 fully saturated rings. The summed E-state index contributed by atoms with van der Waals surface area (Å²) in [5.74, 6) is 0.956. The molecule has 0 saturated carbocycles. The third kappa shape index (κ3) is 5.83. The summed E-state index contributed by atoms with van der Waals surface area (Å²) in [4.78, 5) is 8.16. The van der Waals surface area contributed by atoms with Crippen molar-refractivity contribution in [2.45, 2.75) is 19.3 Å². The topological polar surface area (TPSA) is 88.3 Å². The normalized spacial score (nSPS) is 11.1. The van der Waals surface area contributed by atoms with Gasteiger partial charge in [0.2, 0.25) is 0 Å². The number of hydrogen-bond donors (Lipinski definition) is 1. The van der Waals surface area contributed by atoms with Crippen LogP contribution in [0.4, 0.5) is 0 Å². The van der Waals surface area contributed by atoms with Gasteiger partial charge in [-0.25, -0.2) is 0 Å². The van der Waals surface area contributed by atoms with Crippen molar-refractivity contribution in [2.24, 2.45) is 0 Å². The van der Waals surface area contributed by atoms with Gasteiger partial charge in [0.15, 0.2) is 11.5 Å². The molecule has 2 aromatic rings. The molecule has 0 aliphatic carbocycles. The maximum Gasteiger partial charge on any atom is 0.179 e. The second kappa shape index (κ2) is 10.7. The van der Waals surface area contributed by atoms with Crippen LogP contribution in [-0.2, 0) is 0 Å². The van der Waals surface area contributed by atoms with E-state index in [1.54, 1.807) is 12.1 Å². The summed E-state index contributed by atoms with van der Waals surface area (Å²) in [6.07, 6.45) is 8.36. The summed E-state index contributed by atoms with van der Waals surface area (Å²) >= 11 is 12.2. The summed E-state index contributed by atoms with van der Waals surface area (Å²) in [5.41, 5.74) is 1.18. The fraction of sp³-hybridized carbons (Fsp3) is 0.316. The number of aromatic nitrogens is 2. The van der Waals surface area contributed by atoms with Crippen LogP contribution < -0.4 is 9.47 Å². The van der Waals surface area contributed by atoms with Crippen LogP contribution in [0.3, 0.4) is 0 Å². The number of hydrogen-bond acceptors (Lipinski definition) is 6. The molecule has 2 heterocycles. The number of halogens is 2. The molecule has 1 N–H and O–H groups in total. The van der Waals surface area contributed by atoms with Gasteiger partial charge in [-0.2, -0.15) is 5.26 Å². The van der Waals surface area contributed by atoms with Crippen molar-refractivity contribution in [1.82, 2.24) is 9.97 Å². The maximum absolute atomic E-state index is 9.56. The van der Waals surface area contributed by atoms with E-state index in [2.05, 4.69) is 16.0 Å². The number of nitrogens with zero attached hydrogens (tertiary/aromatic N) is 3. The molecule has 0 spiro atoms. The molecule has 0 radical (unpaired) electrons. The van der Waals surface area contributed by atoms with Crippen LogP contribution in [-0.4, -0.2) is 35.4 Å². The molecule has 0 aliphatic heterocycles. The maximum atomic E-state index is 9.56. The van der Waals surface area contributed by atoms with Crippen molar-refractivity contribution in [1.29, 1.82) is 5.26 Å². The van der Waals surface area contributed by atoms with Gasteiger partial charge >= 0.3 is 0 Å². The number of allylic oxidation sites excluding steroid dienone is 1. The molecule has 0 aromatic carbocycles. The van der Waals surface area contributed by atoms with Crippen LogP contribution in [0.5, 0.6) is 11.5 Å². The third-order valence-electron chi connectivity index (χ3n) is 3.69. The molecule has 8 heteroatoms. The van der Waals surface area contributed by atoms with Crippen LogP contribution in [0.15, 0.2) is 24.7 Å². The lowest BCUT2D eigenvalue weighted by atomic mass is 10.1. The van der Waals surface area contributed by atoms with Gasteiger partial charge in [0, 0.05) is 30.6 Å². The fourth-order valence-corrected chi connectivity index (χ4v) is 2.75. The molecular formula is C19H19Cl2N3O3. The average molecular weight is 408 g/mol. The van der Waals surface area contributed by atoms with E-state index in [9.17, 15) is 5.26 Å². The van der Waals surface area contributed by atoms with Crippen LogP contribution in [0, 0.1) is 11.3 Å². The van der Waals surface area contributed by atoms with Crippen LogP contribution in [0.1, 0.15) is 30.5 Å². The number of aliphatic hydroxyl groups is 1. The largest absolute Gasteiger partial charge is 0.491 e. The minimum Gasteiger partial charge on any atom is -0.491 e. The smallest absolute Gasteiger partial charge is 0.179 e. The van der Waals surface area contributed by atoms with Gasteiger partial charge in [0.25, 0.3) is 0 Å². The zero-order valence-electron chi connectivity index (χ0n) is 14.8. The molecule has 0 saturated heterocycles. The van der Waals surface area contributed by atoms with E-state index in [1.165, 1.54) is 25.7 Å². The Hall–Kier alpha value is -2.33. The number of ether oxygens (including phenoxy) is 2. The Morgan fingerprint density at radius 1 is 1.19 bits per heavy atom. The van der Waals surface area contributed by atoms with Crippen LogP contribution in [0.25, 0.3) is 11.6 Å². The first-order chi connectivity index (χ1) is 13.1. The number of methoxy groups -OCH3 is 1. The lowest BCUT2D eigenvalue weighted by Gasteiger charge is -2.11. The Kier molecular flexibility index (Phi) is 8.34. The predicted octanol–water partition coefficient (Wildman–Crippen LogP) is 4.40. The predicted molar refractivity (Wildman–Crippen MR) is 105 cm³/mol. The van der Waals surface area contributed by atoms with Gasteiger partial charge in [-0.1, -0.05) is 23.2 Å². The molecular weight excluding hydrogens is 389 g/mol. The first kappa shape index (κ1) is 21.0. The number of rotatable bonds is 9. The molecule has 0 amide bonds. The second-order valence-electron chi connectivity index (χ2n) is 5.54. The zero-order chi connectivity index (χ0) is 19.6. The highest BCUT2D eigenvalue weighted by atomic mass is 35.5. The Morgan fingerprint density at radius 2 is 1.93 bits per heavy atom. The third-order valence-corrected chi connectivity index (χ3v) is 4.29. The highest BCUT2D eigenvalue weighted by Gasteiger charge is 2.12. The Balaban J connectivity index is 2.29. The second-order valence-corrected chi connectivity index (χ2v) is 6.35. The van der Waals surface area contributed by atoms with Gasteiger partial charge in [-0.3, -0.25) is 9.97 Å². The highest BCUT2D eigenvalue weighted by Crippen LogP contribution is 2.31. The number of pyridine rings is 2. The van der Waals surface area contributed by atoms with E-state index < -0.39 is 0 Å². The number of unbranched alkanes of at least 4 members (excludes halogenated alkanes) is 2. The fourth-order valence-electron chi connectivity index (χ4n) is 2.28. The summed E-state index contributed by atoms with van der Waals surface area (Å²) < 4.78 is 11.0. The lowest BCUT2D eigenvalue weighted by molar-refractivity contribution is 0.260. The first-order valence-corrected chi connectivity index (χ1v) is 9.05. The summed E-state index contributed by atoms with van der Waals surface area (Å²) in [7, 11) is 1.52. The standard InChI is InChI=1S/C19H19Cl2N3O3/c1-26-19-12-24-17(8-18(19)27-6-4-2-3-5-25)13(9-22)7-14-15(20)10-23-11-16(14)21/h7-8,10-12,25H,2-6H2,1H3/b13-7+. The molecule has 142 valence electrons. The Labute approximate surface area is 168 Å². The van der Waals surface area contributed by atoms with Crippen molar-refractivity contribution in [3.63, 3.8) is 0 Å². The van der Waals surface area contributed by atoms with Crippen molar-refractivity contribution in [2.75, 3.05) is 20.3 Å². The molecule has 27 heavy (non-hydrogen) atoms. The number of nitriles is 1. The summed E-state index contributed by atoms with van der Waals surface area (Å²) in [6.45, 7) is 0.632. The lowest BCUT2D eigenvalue weighted by Crippen LogP contribution is -2.01. The van der Waals surface area contributed by atoms with E-state index in [0.717, 1.165) is 19.3 Å². The van der Waals surface area contributed by atoms with Crippen molar-refractivity contribution < 1.29 is 14.6 Å². The van der Waals surface area contributed by atoms with Crippen LogP contribution in [0.2, 0.25) is 10.0 Å². The minimum atomic E-state index is 0.166. The van der Waals surface area contributed by atoms with Gasteiger partial charge in [0.05, 0.1) is 41.2 Å². The van der Waals surface area contributed by atoms with Gasteiger partial charge < -0.3 is 14.6 Å². The molecule has 0 bridgehead atoms. The van der Waals surface area contributed by atoms with E-state index in [-0.39, 0.29) is 12.2 Å². The van der Waals surface area contributed by atoms with E-state index in [1.807, 2.05) is 0 Å². The van der Waals surface area contributed by atoms with Crippen molar-refractivity contribution >= 4 is 34.9 Å². The van der Waals surface area contributed by atoms with E-state index in [0.29, 0.717) is 39.4 Å². The van der Waals surface area contributed by atoms with Gasteiger partial charge in [0.1, 0.15) is 6.07 Å². The zero-order valence-corrected chi connectivity index (χ0v) is 16.3. The monoisotopic (exact) mass is 407 g/mol. The molecule has 0 unspecified atom stereocenters. The van der Waals surface area contributed by atoms with Crippen LogP contribution >= 0.6 is 23.2 Å². The van der Waals surface area contributed by atoms with E-state index in [4.69, 9.17) is 37.8 Å². The SMILES string of the molecule is COc1cnc(/C(C#N)=C/c2c(Cl)cncc2Cl)cc1OCCCCCO.